The average molecular weight is 313 g/mol. The Balaban J connectivity index is 1.54. The highest BCUT2D eigenvalue weighted by molar-refractivity contribution is 5.69. The lowest BCUT2D eigenvalue weighted by Gasteiger charge is -2.38. The van der Waals surface area contributed by atoms with Crippen molar-refractivity contribution in [1.82, 2.24) is 14.7 Å². The summed E-state index contributed by atoms with van der Waals surface area (Å²) in [6.45, 7) is 7.77. The van der Waals surface area contributed by atoms with Gasteiger partial charge in [-0.15, -0.1) is 0 Å². The number of likely N-dealkylation sites (tertiary alicyclic amines) is 1. The summed E-state index contributed by atoms with van der Waals surface area (Å²) >= 11 is 0. The van der Waals surface area contributed by atoms with E-state index in [4.69, 9.17) is 4.74 Å². The van der Waals surface area contributed by atoms with E-state index in [1.807, 2.05) is 55.9 Å². The second-order valence-electron chi connectivity index (χ2n) is 7.01. The van der Waals surface area contributed by atoms with Gasteiger partial charge < -0.3 is 9.64 Å². The second kappa shape index (κ2) is 6.07. The maximum atomic E-state index is 11.9. The van der Waals surface area contributed by atoms with Crippen LogP contribution in [0.4, 0.5) is 4.79 Å². The van der Waals surface area contributed by atoms with Crippen molar-refractivity contribution < 1.29 is 9.53 Å². The zero-order valence-corrected chi connectivity index (χ0v) is 13.9. The number of carbonyl (C=O) groups excluding carboxylic acids is 1. The van der Waals surface area contributed by atoms with Gasteiger partial charge in [-0.2, -0.15) is 5.10 Å². The van der Waals surface area contributed by atoms with Gasteiger partial charge >= 0.3 is 6.09 Å². The third-order valence-corrected chi connectivity index (χ3v) is 3.80. The Hall–Kier alpha value is -2.30. The molecule has 1 amide bonds. The molecule has 2 aromatic rings. The Bertz CT molecular complexity index is 667. The number of hydrogen-bond donors (Lipinski definition) is 0. The summed E-state index contributed by atoms with van der Waals surface area (Å²) in [5, 5.41) is 4.63. The zero-order chi connectivity index (χ0) is 16.4. The molecule has 5 nitrogen and oxygen atoms in total. The number of amides is 1. The molecule has 5 heteroatoms. The predicted octanol–water partition coefficient (Wildman–Crippen LogP) is 3.27. The summed E-state index contributed by atoms with van der Waals surface area (Å²) in [5.41, 5.74) is 1.83. The van der Waals surface area contributed by atoms with Crippen LogP contribution in [-0.4, -0.2) is 39.5 Å². The first-order valence-corrected chi connectivity index (χ1v) is 7.96. The molecule has 0 spiro atoms. The van der Waals surface area contributed by atoms with Gasteiger partial charge in [-0.1, -0.05) is 30.3 Å². The Kier molecular flexibility index (Phi) is 4.11. The minimum atomic E-state index is -0.445. The highest BCUT2D eigenvalue weighted by atomic mass is 16.6. The number of rotatable bonds is 3. The summed E-state index contributed by atoms with van der Waals surface area (Å²) in [4.78, 5) is 13.7. The van der Waals surface area contributed by atoms with Crippen molar-refractivity contribution in [2.45, 2.75) is 38.8 Å². The minimum Gasteiger partial charge on any atom is -0.444 e. The van der Waals surface area contributed by atoms with Crippen LogP contribution in [0.1, 0.15) is 37.9 Å². The van der Waals surface area contributed by atoms with Crippen molar-refractivity contribution in [2.24, 2.45) is 0 Å². The molecule has 0 bridgehead atoms. The van der Waals surface area contributed by atoms with Gasteiger partial charge in [-0.3, -0.25) is 4.68 Å². The summed E-state index contributed by atoms with van der Waals surface area (Å²) in [6, 6.07) is 12.3. The molecule has 0 unspecified atom stereocenters. The zero-order valence-electron chi connectivity index (χ0n) is 13.9. The van der Waals surface area contributed by atoms with Gasteiger partial charge in [0, 0.05) is 25.2 Å². The molecule has 0 aliphatic carbocycles. The first-order valence-electron chi connectivity index (χ1n) is 7.96. The molecule has 1 saturated heterocycles. The number of nitrogens with zero attached hydrogens (tertiary/aromatic N) is 3. The normalized spacial score (nSPS) is 15.3. The van der Waals surface area contributed by atoms with Gasteiger partial charge in [0.25, 0.3) is 0 Å². The van der Waals surface area contributed by atoms with Crippen molar-refractivity contribution >= 4 is 6.09 Å². The third kappa shape index (κ3) is 3.92. The van der Waals surface area contributed by atoms with Gasteiger partial charge in [0.2, 0.25) is 0 Å². The topological polar surface area (TPSA) is 47.4 Å². The van der Waals surface area contributed by atoms with Gasteiger partial charge in [-0.25, -0.2) is 4.79 Å². The maximum absolute atomic E-state index is 11.9. The molecular formula is C18H23N3O2. The summed E-state index contributed by atoms with van der Waals surface area (Å²) in [5.74, 6) is 0.305. The van der Waals surface area contributed by atoms with Gasteiger partial charge in [0.05, 0.1) is 12.2 Å². The summed E-state index contributed by atoms with van der Waals surface area (Å²) in [6.07, 6.45) is 1.76. The molecule has 122 valence electrons. The standard InChI is InChI=1S/C18H23N3O2/c1-18(2,3)23-17(22)20-12-15(13-20)16-9-10-21(19-16)11-14-7-5-4-6-8-14/h4-10,15H,11-13H2,1-3H3. The van der Waals surface area contributed by atoms with Crippen molar-refractivity contribution in [3.05, 3.63) is 53.9 Å². The fourth-order valence-corrected chi connectivity index (χ4v) is 2.59. The third-order valence-electron chi connectivity index (χ3n) is 3.80. The first kappa shape index (κ1) is 15.6. The van der Waals surface area contributed by atoms with Crippen LogP contribution in [0.3, 0.4) is 0 Å². The van der Waals surface area contributed by atoms with E-state index in [1.165, 1.54) is 5.56 Å². The van der Waals surface area contributed by atoms with Crippen molar-refractivity contribution in [3.8, 4) is 0 Å². The van der Waals surface area contributed by atoms with Gasteiger partial charge in [0.1, 0.15) is 5.60 Å². The van der Waals surface area contributed by atoms with Crippen LogP contribution in [0.5, 0.6) is 0 Å². The highest BCUT2D eigenvalue weighted by Gasteiger charge is 2.35. The van der Waals surface area contributed by atoms with E-state index in [-0.39, 0.29) is 6.09 Å². The number of carbonyl (C=O) groups is 1. The Labute approximate surface area is 136 Å². The van der Waals surface area contributed by atoms with Crippen LogP contribution in [-0.2, 0) is 11.3 Å². The van der Waals surface area contributed by atoms with Crippen LogP contribution >= 0.6 is 0 Å². The minimum absolute atomic E-state index is 0.238. The SMILES string of the molecule is CC(C)(C)OC(=O)N1CC(c2ccn(Cc3ccccc3)n2)C1. The Morgan fingerprint density at radius 1 is 1.22 bits per heavy atom. The van der Waals surface area contributed by atoms with E-state index in [9.17, 15) is 4.79 Å². The highest BCUT2D eigenvalue weighted by Crippen LogP contribution is 2.27. The molecule has 0 saturated carbocycles. The van der Waals surface area contributed by atoms with Gasteiger partial charge in [0.15, 0.2) is 0 Å². The predicted molar refractivity (Wildman–Crippen MR) is 88.3 cm³/mol. The lowest BCUT2D eigenvalue weighted by atomic mass is 9.97. The van der Waals surface area contributed by atoms with Gasteiger partial charge in [-0.05, 0) is 32.4 Å². The molecule has 0 N–H and O–H groups in total. The van der Waals surface area contributed by atoms with E-state index in [1.54, 1.807) is 4.90 Å². The van der Waals surface area contributed by atoms with Crippen LogP contribution < -0.4 is 0 Å². The van der Waals surface area contributed by atoms with Crippen LogP contribution in [0.2, 0.25) is 0 Å². The summed E-state index contributed by atoms with van der Waals surface area (Å²) in [7, 11) is 0. The molecule has 23 heavy (non-hydrogen) atoms. The van der Waals surface area contributed by atoms with E-state index in [2.05, 4.69) is 17.2 Å². The van der Waals surface area contributed by atoms with Crippen LogP contribution in [0.15, 0.2) is 42.6 Å². The van der Waals surface area contributed by atoms with Crippen molar-refractivity contribution in [1.29, 1.82) is 0 Å². The fourth-order valence-electron chi connectivity index (χ4n) is 2.59. The summed E-state index contributed by atoms with van der Waals surface area (Å²) < 4.78 is 7.32. The molecule has 0 radical (unpaired) electrons. The molecular weight excluding hydrogens is 290 g/mol. The molecule has 2 heterocycles. The fraction of sp³-hybridized carbons (Fsp3) is 0.444. The van der Waals surface area contributed by atoms with E-state index < -0.39 is 5.60 Å². The number of aromatic nitrogens is 2. The maximum Gasteiger partial charge on any atom is 0.410 e. The molecule has 1 aliphatic heterocycles. The second-order valence-corrected chi connectivity index (χ2v) is 7.01. The number of ether oxygens (including phenoxy) is 1. The van der Waals surface area contributed by atoms with Crippen LogP contribution in [0, 0.1) is 0 Å². The Morgan fingerprint density at radius 2 is 1.91 bits per heavy atom. The largest absolute Gasteiger partial charge is 0.444 e. The van der Waals surface area contributed by atoms with Crippen molar-refractivity contribution in [3.63, 3.8) is 0 Å². The molecule has 1 aromatic carbocycles. The molecule has 0 atom stereocenters. The van der Waals surface area contributed by atoms with E-state index in [0.717, 1.165) is 12.2 Å². The molecule has 1 aromatic heterocycles. The Morgan fingerprint density at radius 3 is 2.57 bits per heavy atom. The number of benzene rings is 1. The lowest BCUT2D eigenvalue weighted by molar-refractivity contribution is 0.00783. The average Bonchev–Trinajstić information content (AvgIpc) is 2.84. The molecule has 3 rings (SSSR count). The first-order chi connectivity index (χ1) is 10.9. The van der Waals surface area contributed by atoms with Crippen molar-refractivity contribution in [2.75, 3.05) is 13.1 Å². The monoisotopic (exact) mass is 313 g/mol. The molecule has 1 fully saturated rings. The lowest BCUT2D eigenvalue weighted by Crippen LogP contribution is -2.50. The number of hydrogen-bond acceptors (Lipinski definition) is 3. The molecule has 1 aliphatic rings. The quantitative estimate of drug-likeness (QED) is 0.874. The van der Waals surface area contributed by atoms with E-state index in [0.29, 0.717) is 19.0 Å². The smallest absolute Gasteiger partial charge is 0.410 e. The van der Waals surface area contributed by atoms with Crippen LogP contribution in [0.25, 0.3) is 0 Å². The van der Waals surface area contributed by atoms with E-state index >= 15 is 0 Å².